The Bertz CT molecular complexity index is 601. The highest BCUT2D eigenvalue weighted by atomic mass is 16.5. The minimum Gasteiger partial charge on any atom is -0.468 e. The minimum absolute atomic E-state index is 0.138. The third kappa shape index (κ3) is 3.52. The van der Waals surface area contributed by atoms with Crippen LogP contribution in [0.4, 0.5) is 0 Å². The highest BCUT2D eigenvalue weighted by Gasteiger charge is 2.23. The number of nitrogens with zero attached hydrogens (tertiary/aromatic N) is 1. The summed E-state index contributed by atoms with van der Waals surface area (Å²) in [5.74, 6) is 1.46. The number of H-pyrrole nitrogens is 1. The molecule has 0 fully saturated rings. The Kier molecular flexibility index (Phi) is 4.80. The lowest BCUT2D eigenvalue weighted by atomic mass is 10.0. The number of hydrogen-bond acceptors (Lipinski definition) is 5. The number of aryl methyl sites for hydroxylation is 1. The van der Waals surface area contributed by atoms with Crippen molar-refractivity contribution < 1.29 is 13.9 Å². The van der Waals surface area contributed by atoms with Gasteiger partial charge in [-0.25, -0.2) is 0 Å². The molecule has 6 heteroatoms. The van der Waals surface area contributed by atoms with Crippen LogP contribution in [0.5, 0.6) is 0 Å². The van der Waals surface area contributed by atoms with Crippen molar-refractivity contribution >= 4 is 5.97 Å². The number of rotatable bonds is 6. The maximum absolute atomic E-state index is 11.7. The van der Waals surface area contributed by atoms with E-state index in [1.807, 2.05) is 32.9 Å². The fraction of sp³-hybridized carbons (Fsp3) is 0.467. The van der Waals surface area contributed by atoms with Crippen LogP contribution in [0, 0.1) is 12.8 Å². The molecule has 114 valence electrons. The first-order valence-electron chi connectivity index (χ1n) is 6.93. The second-order valence-corrected chi connectivity index (χ2v) is 5.31. The molecule has 0 saturated carbocycles. The average Bonchev–Trinajstić information content (AvgIpc) is 3.06. The minimum atomic E-state index is -0.351. The largest absolute Gasteiger partial charge is 0.468 e. The summed E-state index contributed by atoms with van der Waals surface area (Å²) in [6, 6.07) is 3.45. The van der Waals surface area contributed by atoms with Crippen molar-refractivity contribution in [2.75, 3.05) is 7.11 Å². The summed E-state index contributed by atoms with van der Waals surface area (Å²) in [6.45, 7) is 6.34. The van der Waals surface area contributed by atoms with Gasteiger partial charge in [-0.2, -0.15) is 5.10 Å². The summed E-state index contributed by atoms with van der Waals surface area (Å²) in [4.78, 5) is 11.7. The van der Waals surface area contributed by atoms with Crippen LogP contribution in [-0.2, 0) is 16.1 Å². The van der Waals surface area contributed by atoms with Gasteiger partial charge < -0.3 is 9.15 Å². The number of ether oxygens (including phenoxy) is 1. The highest BCUT2D eigenvalue weighted by Crippen LogP contribution is 2.23. The SMILES string of the molecule is COC(=O)C(NCc1cn[nH]c1-c1ccc(C)o1)C(C)C. The lowest BCUT2D eigenvalue weighted by Gasteiger charge is -2.19. The fourth-order valence-corrected chi connectivity index (χ4v) is 2.17. The van der Waals surface area contributed by atoms with Gasteiger partial charge in [-0.05, 0) is 25.0 Å². The van der Waals surface area contributed by atoms with Gasteiger partial charge in [-0.3, -0.25) is 15.2 Å². The van der Waals surface area contributed by atoms with Crippen LogP contribution < -0.4 is 5.32 Å². The van der Waals surface area contributed by atoms with Gasteiger partial charge in [0.1, 0.15) is 17.5 Å². The number of nitrogens with one attached hydrogen (secondary N) is 2. The van der Waals surface area contributed by atoms with E-state index in [0.29, 0.717) is 6.54 Å². The van der Waals surface area contributed by atoms with Crippen LogP contribution >= 0.6 is 0 Å². The number of aromatic amines is 1. The number of furan rings is 1. The number of carbonyl (C=O) groups excluding carboxylic acids is 1. The smallest absolute Gasteiger partial charge is 0.323 e. The Morgan fingerprint density at radius 2 is 2.24 bits per heavy atom. The second kappa shape index (κ2) is 6.58. The zero-order chi connectivity index (χ0) is 15.4. The molecule has 2 rings (SSSR count). The number of methoxy groups -OCH3 is 1. The van der Waals surface area contributed by atoms with Crippen molar-refractivity contribution in [1.82, 2.24) is 15.5 Å². The molecule has 0 radical (unpaired) electrons. The van der Waals surface area contributed by atoms with Crippen LogP contribution in [0.1, 0.15) is 25.2 Å². The Labute approximate surface area is 123 Å². The molecule has 0 aliphatic carbocycles. The van der Waals surface area contributed by atoms with Gasteiger partial charge in [-0.15, -0.1) is 0 Å². The first-order chi connectivity index (χ1) is 10.0. The van der Waals surface area contributed by atoms with Crippen molar-refractivity contribution in [3.05, 3.63) is 29.7 Å². The monoisotopic (exact) mass is 291 g/mol. The molecular weight excluding hydrogens is 270 g/mol. The highest BCUT2D eigenvalue weighted by molar-refractivity contribution is 5.76. The first kappa shape index (κ1) is 15.3. The fourth-order valence-electron chi connectivity index (χ4n) is 2.17. The van der Waals surface area contributed by atoms with E-state index in [2.05, 4.69) is 15.5 Å². The standard InChI is InChI=1S/C15H21N3O3/c1-9(2)13(15(19)20-4)16-7-11-8-17-18-14(11)12-6-5-10(3)21-12/h5-6,8-9,13,16H,7H2,1-4H3,(H,17,18). The molecule has 21 heavy (non-hydrogen) atoms. The molecule has 0 amide bonds. The van der Waals surface area contributed by atoms with Crippen molar-refractivity contribution in [3.8, 4) is 11.5 Å². The van der Waals surface area contributed by atoms with Gasteiger partial charge >= 0.3 is 5.97 Å². The van der Waals surface area contributed by atoms with E-state index in [4.69, 9.17) is 9.15 Å². The van der Waals surface area contributed by atoms with E-state index in [-0.39, 0.29) is 17.9 Å². The average molecular weight is 291 g/mol. The lowest BCUT2D eigenvalue weighted by molar-refractivity contribution is -0.144. The van der Waals surface area contributed by atoms with E-state index in [1.165, 1.54) is 7.11 Å². The molecule has 0 aliphatic heterocycles. The second-order valence-electron chi connectivity index (χ2n) is 5.31. The van der Waals surface area contributed by atoms with E-state index in [0.717, 1.165) is 22.8 Å². The van der Waals surface area contributed by atoms with Gasteiger partial charge in [0.2, 0.25) is 0 Å². The Morgan fingerprint density at radius 3 is 2.81 bits per heavy atom. The number of aromatic nitrogens is 2. The summed E-state index contributed by atoms with van der Waals surface area (Å²) in [7, 11) is 1.40. The number of carbonyl (C=O) groups is 1. The van der Waals surface area contributed by atoms with Crippen LogP contribution in [0.25, 0.3) is 11.5 Å². The predicted octanol–water partition coefficient (Wildman–Crippen LogP) is 2.27. The van der Waals surface area contributed by atoms with Crippen molar-refractivity contribution in [3.63, 3.8) is 0 Å². The zero-order valence-electron chi connectivity index (χ0n) is 12.8. The normalized spacial score (nSPS) is 12.6. The van der Waals surface area contributed by atoms with Gasteiger partial charge in [-0.1, -0.05) is 13.8 Å². The molecule has 0 aliphatic rings. The molecule has 0 spiro atoms. The molecular formula is C15H21N3O3. The molecule has 0 aromatic carbocycles. The Morgan fingerprint density at radius 1 is 1.48 bits per heavy atom. The van der Waals surface area contributed by atoms with Crippen LogP contribution in [0.2, 0.25) is 0 Å². The van der Waals surface area contributed by atoms with Gasteiger partial charge in [0, 0.05) is 12.1 Å². The van der Waals surface area contributed by atoms with Crippen molar-refractivity contribution in [1.29, 1.82) is 0 Å². The molecule has 0 bridgehead atoms. The molecule has 2 heterocycles. The molecule has 0 saturated heterocycles. The summed E-state index contributed by atoms with van der Waals surface area (Å²) < 4.78 is 10.4. The molecule has 2 aromatic rings. The lowest BCUT2D eigenvalue weighted by Crippen LogP contribution is -2.41. The van der Waals surface area contributed by atoms with Crippen LogP contribution in [-0.4, -0.2) is 29.3 Å². The molecule has 6 nitrogen and oxygen atoms in total. The van der Waals surface area contributed by atoms with Crippen LogP contribution in [0.15, 0.2) is 22.7 Å². The van der Waals surface area contributed by atoms with Gasteiger partial charge in [0.25, 0.3) is 0 Å². The molecule has 2 N–H and O–H groups in total. The Balaban J connectivity index is 2.10. The van der Waals surface area contributed by atoms with E-state index < -0.39 is 0 Å². The maximum atomic E-state index is 11.7. The summed E-state index contributed by atoms with van der Waals surface area (Å²) in [5.41, 5.74) is 1.77. The summed E-state index contributed by atoms with van der Waals surface area (Å²) in [5, 5.41) is 10.2. The van der Waals surface area contributed by atoms with E-state index in [1.54, 1.807) is 6.20 Å². The molecule has 1 atom stereocenters. The predicted molar refractivity (Wildman–Crippen MR) is 78.5 cm³/mol. The van der Waals surface area contributed by atoms with Crippen molar-refractivity contribution in [2.24, 2.45) is 5.92 Å². The Hall–Kier alpha value is -2.08. The quantitative estimate of drug-likeness (QED) is 0.798. The summed E-state index contributed by atoms with van der Waals surface area (Å²) >= 11 is 0. The van der Waals surface area contributed by atoms with Gasteiger partial charge in [0.15, 0.2) is 5.76 Å². The van der Waals surface area contributed by atoms with Crippen molar-refractivity contribution in [2.45, 2.75) is 33.4 Å². The number of hydrogen-bond donors (Lipinski definition) is 2. The first-order valence-corrected chi connectivity index (χ1v) is 6.93. The zero-order valence-corrected chi connectivity index (χ0v) is 12.8. The molecule has 1 unspecified atom stereocenters. The van der Waals surface area contributed by atoms with Gasteiger partial charge in [0.05, 0.1) is 13.3 Å². The topological polar surface area (TPSA) is 80.1 Å². The van der Waals surface area contributed by atoms with E-state index >= 15 is 0 Å². The third-order valence-corrected chi connectivity index (χ3v) is 3.34. The van der Waals surface area contributed by atoms with Crippen LogP contribution in [0.3, 0.4) is 0 Å². The third-order valence-electron chi connectivity index (χ3n) is 3.34. The number of esters is 1. The van der Waals surface area contributed by atoms with E-state index in [9.17, 15) is 4.79 Å². The molecule has 2 aromatic heterocycles. The maximum Gasteiger partial charge on any atom is 0.323 e. The summed E-state index contributed by atoms with van der Waals surface area (Å²) in [6.07, 6.45) is 1.73.